The molecule has 21 heavy (non-hydrogen) atoms. The van der Waals surface area contributed by atoms with Crippen molar-refractivity contribution in [2.75, 3.05) is 46.8 Å². The Labute approximate surface area is 127 Å². The molecule has 1 aliphatic heterocycles. The van der Waals surface area contributed by atoms with Gasteiger partial charge >= 0.3 is 0 Å². The summed E-state index contributed by atoms with van der Waals surface area (Å²) in [4.78, 5) is 27.0. The van der Waals surface area contributed by atoms with Crippen LogP contribution in [0.15, 0.2) is 0 Å². The van der Waals surface area contributed by atoms with Crippen LogP contribution in [0.3, 0.4) is 0 Å². The van der Waals surface area contributed by atoms with Crippen molar-refractivity contribution in [1.82, 2.24) is 20.4 Å². The van der Waals surface area contributed by atoms with Gasteiger partial charge in [0.15, 0.2) is 0 Å². The van der Waals surface area contributed by atoms with E-state index in [0.29, 0.717) is 25.0 Å². The zero-order chi connectivity index (χ0) is 15.2. The highest BCUT2D eigenvalue weighted by Crippen LogP contribution is 2.28. The number of hydrogen-bond acceptors (Lipinski definition) is 4. The van der Waals surface area contributed by atoms with Gasteiger partial charge in [-0.3, -0.25) is 14.5 Å². The molecule has 0 atom stereocenters. The molecular formula is C15H28N4O2. The third-order valence-corrected chi connectivity index (χ3v) is 4.25. The second-order valence-electron chi connectivity index (χ2n) is 6.36. The first-order valence-electron chi connectivity index (χ1n) is 8.00. The van der Waals surface area contributed by atoms with Crippen LogP contribution in [0, 0.1) is 5.92 Å². The first-order valence-corrected chi connectivity index (χ1v) is 8.00. The van der Waals surface area contributed by atoms with Crippen molar-refractivity contribution in [2.24, 2.45) is 5.92 Å². The van der Waals surface area contributed by atoms with Gasteiger partial charge in [-0.25, -0.2) is 0 Å². The molecule has 2 fully saturated rings. The fourth-order valence-electron chi connectivity index (χ4n) is 2.58. The average Bonchev–Trinajstić information content (AvgIpc) is 3.29. The maximum absolute atomic E-state index is 11.7. The van der Waals surface area contributed by atoms with Crippen LogP contribution in [-0.2, 0) is 9.59 Å². The Morgan fingerprint density at radius 3 is 2.33 bits per heavy atom. The number of piperidine rings is 1. The molecule has 1 heterocycles. The Morgan fingerprint density at radius 1 is 1.10 bits per heavy atom. The van der Waals surface area contributed by atoms with Gasteiger partial charge in [-0.05, 0) is 25.7 Å². The van der Waals surface area contributed by atoms with Crippen LogP contribution in [0.5, 0.6) is 0 Å². The zero-order valence-electron chi connectivity index (χ0n) is 13.2. The number of carbonyl (C=O) groups is 2. The lowest BCUT2D eigenvalue weighted by Crippen LogP contribution is -2.47. The lowest BCUT2D eigenvalue weighted by molar-refractivity contribution is -0.130. The van der Waals surface area contributed by atoms with E-state index in [4.69, 9.17) is 0 Å². The highest BCUT2D eigenvalue weighted by molar-refractivity contribution is 5.80. The van der Waals surface area contributed by atoms with E-state index in [2.05, 4.69) is 15.5 Å². The van der Waals surface area contributed by atoms with Gasteiger partial charge in [-0.2, -0.15) is 0 Å². The lowest BCUT2D eigenvalue weighted by Gasteiger charge is -2.32. The summed E-state index contributed by atoms with van der Waals surface area (Å²) in [5, 5.41) is 6.47. The van der Waals surface area contributed by atoms with E-state index in [0.717, 1.165) is 45.3 Å². The second-order valence-corrected chi connectivity index (χ2v) is 6.36. The number of likely N-dealkylation sites (tertiary alicyclic amines) is 1. The number of amides is 2. The summed E-state index contributed by atoms with van der Waals surface area (Å²) in [5.41, 5.74) is 0. The second kappa shape index (κ2) is 7.75. The Bertz CT molecular complexity index is 358. The monoisotopic (exact) mass is 296 g/mol. The van der Waals surface area contributed by atoms with Crippen LogP contribution in [0.25, 0.3) is 0 Å². The smallest absolute Gasteiger partial charge is 0.236 e. The van der Waals surface area contributed by atoms with E-state index >= 15 is 0 Å². The quantitative estimate of drug-likeness (QED) is 0.631. The van der Waals surface area contributed by atoms with Crippen molar-refractivity contribution in [2.45, 2.75) is 31.7 Å². The third-order valence-electron chi connectivity index (χ3n) is 4.25. The zero-order valence-corrected chi connectivity index (χ0v) is 13.2. The molecule has 1 saturated carbocycles. The number of likely N-dealkylation sites (N-methyl/N-ethyl adjacent to an activating group) is 1. The van der Waals surface area contributed by atoms with Crippen molar-refractivity contribution in [3.8, 4) is 0 Å². The minimum absolute atomic E-state index is 0.171. The molecule has 2 amide bonds. The Morgan fingerprint density at radius 2 is 1.76 bits per heavy atom. The molecule has 0 bridgehead atoms. The number of nitrogens with zero attached hydrogens (tertiary/aromatic N) is 2. The molecular weight excluding hydrogens is 268 g/mol. The summed E-state index contributed by atoms with van der Waals surface area (Å²) < 4.78 is 0. The standard InChI is InChI=1S/C15H28N4O2/c1-18(2)14(20)11-19-9-5-13(6-10-19)16-7-8-17-15(21)12-3-4-12/h12-13,16H,3-11H2,1-2H3,(H,17,21). The summed E-state index contributed by atoms with van der Waals surface area (Å²) in [6.45, 7) is 4.00. The van der Waals surface area contributed by atoms with Crippen LogP contribution in [0.2, 0.25) is 0 Å². The van der Waals surface area contributed by atoms with Crippen molar-refractivity contribution in [3.05, 3.63) is 0 Å². The Kier molecular flexibility index (Phi) is 5.99. The van der Waals surface area contributed by atoms with Gasteiger partial charge < -0.3 is 15.5 Å². The van der Waals surface area contributed by atoms with Crippen LogP contribution in [0.1, 0.15) is 25.7 Å². The van der Waals surface area contributed by atoms with Gasteiger partial charge in [0.1, 0.15) is 0 Å². The molecule has 6 heteroatoms. The highest BCUT2D eigenvalue weighted by atomic mass is 16.2. The minimum atomic E-state index is 0.171. The predicted molar refractivity (Wildman–Crippen MR) is 81.9 cm³/mol. The topological polar surface area (TPSA) is 64.7 Å². The van der Waals surface area contributed by atoms with Crippen LogP contribution in [-0.4, -0.2) is 74.5 Å². The van der Waals surface area contributed by atoms with Gasteiger partial charge in [0.25, 0.3) is 0 Å². The molecule has 6 nitrogen and oxygen atoms in total. The highest BCUT2D eigenvalue weighted by Gasteiger charge is 2.29. The molecule has 2 aliphatic rings. The SMILES string of the molecule is CN(C)C(=O)CN1CCC(NCCNC(=O)C2CC2)CC1. The molecule has 0 aromatic heterocycles. The molecule has 0 aromatic carbocycles. The van der Waals surface area contributed by atoms with E-state index in [1.54, 1.807) is 19.0 Å². The summed E-state index contributed by atoms with van der Waals surface area (Å²) in [6, 6.07) is 0.508. The fraction of sp³-hybridized carbons (Fsp3) is 0.867. The van der Waals surface area contributed by atoms with Gasteiger partial charge in [-0.1, -0.05) is 0 Å². The van der Waals surface area contributed by atoms with E-state index in [9.17, 15) is 9.59 Å². The van der Waals surface area contributed by atoms with Crippen LogP contribution < -0.4 is 10.6 Å². The van der Waals surface area contributed by atoms with Gasteiger partial charge in [-0.15, -0.1) is 0 Å². The molecule has 2 N–H and O–H groups in total. The molecule has 0 aromatic rings. The first-order chi connectivity index (χ1) is 10.1. The number of nitrogens with one attached hydrogen (secondary N) is 2. The molecule has 0 radical (unpaired) electrons. The van der Waals surface area contributed by atoms with Crippen molar-refractivity contribution in [1.29, 1.82) is 0 Å². The molecule has 0 spiro atoms. The first kappa shape index (κ1) is 16.2. The van der Waals surface area contributed by atoms with Crippen LogP contribution >= 0.6 is 0 Å². The summed E-state index contributed by atoms with van der Waals surface area (Å²) in [5.74, 6) is 0.681. The van der Waals surface area contributed by atoms with Gasteiger partial charge in [0, 0.05) is 52.2 Å². The van der Waals surface area contributed by atoms with E-state index < -0.39 is 0 Å². The molecule has 0 unspecified atom stereocenters. The maximum Gasteiger partial charge on any atom is 0.236 e. The van der Waals surface area contributed by atoms with E-state index in [1.165, 1.54) is 0 Å². The molecule has 1 aliphatic carbocycles. The number of rotatable bonds is 7. The third kappa shape index (κ3) is 5.63. The average molecular weight is 296 g/mol. The Hall–Kier alpha value is -1.14. The fourth-order valence-corrected chi connectivity index (χ4v) is 2.58. The van der Waals surface area contributed by atoms with Gasteiger partial charge in [0.2, 0.25) is 11.8 Å². The molecule has 2 rings (SSSR count). The van der Waals surface area contributed by atoms with E-state index in [1.807, 2.05) is 0 Å². The maximum atomic E-state index is 11.7. The Balaban J connectivity index is 1.52. The molecule has 120 valence electrons. The number of carbonyl (C=O) groups excluding carboxylic acids is 2. The van der Waals surface area contributed by atoms with Crippen molar-refractivity contribution < 1.29 is 9.59 Å². The largest absolute Gasteiger partial charge is 0.355 e. The molecule has 1 saturated heterocycles. The summed E-state index contributed by atoms with van der Waals surface area (Å²) in [7, 11) is 3.60. The normalized spacial score (nSPS) is 20.3. The minimum Gasteiger partial charge on any atom is -0.355 e. The van der Waals surface area contributed by atoms with E-state index in [-0.39, 0.29) is 11.8 Å². The summed E-state index contributed by atoms with van der Waals surface area (Å²) in [6.07, 6.45) is 4.25. The van der Waals surface area contributed by atoms with Crippen molar-refractivity contribution >= 4 is 11.8 Å². The van der Waals surface area contributed by atoms with Crippen LogP contribution in [0.4, 0.5) is 0 Å². The summed E-state index contributed by atoms with van der Waals surface area (Å²) >= 11 is 0. The number of hydrogen-bond donors (Lipinski definition) is 2. The predicted octanol–water partition coefficient (Wildman–Crippen LogP) is -0.345. The van der Waals surface area contributed by atoms with Gasteiger partial charge in [0.05, 0.1) is 6.54 Å². The van der Waals surface area contributed by atoms with Crippen molar-refractivity contribution in [3.63, 3.8) is 0 Å². The lowest BCUT2D eigenvalue weighted by atomic mass is 10.1.